The van der Waals surface area contributed by atoms with E-state index in [2.05, 4.69) is 46.8 Å². The third-order valence-corrected chi connectivity index (χ3v) is 6.40. The van der Waals surface area contributed by atoms with Gasteiger partial charge < -0.3 is 15.4 Å². The maximum absolute atomic E-state index is 12.0. The van der Waals surface area contributed by atoms with Crippen LogP contribution < -0.4 is 10.6 Å². The molecule has 2 aromatic rings. The number of nitrogens with one attached hydrogen (secondary N) is 2. The molecule has 0 bridgehead atoms. The van der Waals surface area contributed by atoms with Gasteiger partial charge in [0.1, 0.15) is 9.88 Å². The van der Waals surface area contributed by atoms with Crippen molar-refractivity contribution < 1.29 is 9.53 Å². The minimum atomic E-state index is -0.318. The Bertz CT molecular complexity index is 858. The zero-order valence-electron chi connectivity index (χ0n) is 18.7. The fraction of sp³-hybridized carbons (Fsp3) is 0.600. The molecule has 2 heterocycles. The molecule has 0 aliphatic carbocycles. The summed E-state index contributed by atoms with van der Waals surface area (Å²) in [5.74, 6) is 0.372. The molecule has 0 amide bonds. The summed E-state index contributed by atoms with van der Waals surface area (Å²) in [4.78, 5) is 26.1. The van der Waals surface area contributed by atoms with Crippen LogP contribution in [0.15, 0.2) is 10.4 Å². The quantitative estimate of drug-likeness (QED) is 0.223. The number of aliphatic imine (C=N–C) groups is 1. The van der Waals surface area contributed by atoms with Gasteiger partial charge in [0.15, 0.2) is 5.96 Å². The smallest absolute Gasteiger partial charge is 0.350 e. The minimum Gasteiger partial charge on any atom is -0.462 e. The average molecular weight is 566 g/mol. The molecule has 7 nitrogen and oxygen atoms in total. The third-order valence-electron chi connectivity index (χ3n) is 4.17. The van der Waals surface area contributed by atoms with Crippen molar-refractivity contribution in [3.8, 4) is 0 Å². The molecular formula is C20H32IN5O2S2. The lowest BCUT2D eigenvalue weighted by atomic mass is 9.93. The van der Waals surface area contributed by atoms with Crippen molar-refractivity contribution >= 4 is 58.6 Å². The van der Waals surface area contributed by atoms with Crippen LogP contribution in [0.3, 0.4) is 0 Å². The summed E-state index contributed by atoms with van der Waals surface area (Å²) >= 11 is 3.05. The summed E-state index contributed by atoms with van der Waals surface area (Å²) in [5.41, 5.74) is 1.90. The van der Waals surface area contributed by atoms with Gasteiger partial charge in [-0.2, -0.15) is 0 Å². The largest absolute Gasteiger partial charge is 0.462 e. The van der Waals surface area contributed by atoms with Gasteiger partial charge in [-0.05, 0) is 20.8 Å². The predicted molar refractivity (Wildman–Crippen MR) is 136 cm³/mol. The van der Waals surface area contributed by atoms with Crippen LogP contribution in [-0.2, 0) is 16.6 Å². The van der Waals surface area contributed by atoms with E-state index < -0.39 is 0 Å². The van der Waals surface area contributed by atoms with Crippen LogP contribution in [-0.4, -0.2) is 42.1 Å². The summed E-state index contributed by atoms with van der Waals surface area (Å²) in [5, 5.41) is 10.7. The molecule has 2 aromatic heterocycles. The molecule has 0 aliphatic rings. The highest BCUT2D eigenvalue weighted by Crippen LogP contribution is 2.25. The van der Waals surface area contributed by atoms with Gasteiger partial charge in [-0.25, -0.2) is 14.8 Å². The first kappa shape index (κ1) is 26.8. The summed E-state index contributed by atoms with van der Waals surface area (Å²) < 4.78 is 5.09. The van der Waals surface area contributed by atoms with Gasteiger partial charge in [0.25, 0.3) is 0 Å². The van der Waals surface area contributed by atoms with Gasteiger partial charge in [0, 0.05) is 30.8 Å². The lowest BCUT2D eigenvalue weighted by molar-refractivity contribution is 0.0531. The number of esters is 1. The Kier molecular flexibility index (Phi) is 10.7. The topological polar surface area (TPSA) is 88.5 Å². The zero-order chi connectivity index (χ0) is 21.6. The van der Waals surface area contributed by atoms with Crippen LogP contribution in [0.25, 0.3) is 0 Å². The number of ether oxygens (including phenoxy) is 1. The molecule has 0 aliphatic heterocycles. The van der Waals surface area contributed by atoms with E-state index in [0.717, 1.165) is 28.7 Å². The van der Waals surface area contributed by atoms with Crippen LogP contribution in [0.2, 0.25) is 0 Å². The predicted octanol–water partition coefficient (Wildman–Crippen LogP) is 4.47. The number of carbonyl (C=O) groups excluding carboxylic acids is 1. The van der Waals surface area contributed by atoms with E-state index in [0.29, 0.717) is 23.1 Å². The van der Waals surface area contributed by atoms with Gasteiger partial charge in [-0.1, -0.05) is 20.8 Å². The van der Waals surface area contributed by atoms with Crippen LogP contribution in [0.5, 0.6) is 0 Å². The zero-order valence-corrected chi connectivity index (χ0v) is 22.6. The lowest BCUT2D eigenvalue weighted by Gasteiger charge is -2.16. The van der Waals surface area contributed by atoms with Crippen LogP contribution >= 0.6 is 46.7 Å². The standard InChI is InChI=1S/C20H31N5O2S2.HI/c1-8-27-18(26)16-12(2)23-17(29-16)13(3)24-19(21-7)22-10-9-15-25-14(11-28-15)20(4,5)6;/h11,13H,8-10H2,1-7H3,(H2,21,22,24);1H. The van der Waals surface area contributed by atoms with Crippen molar-refractivity contribution in [3.63, 3.8) is 0 Å². The number of carbonyl (C=O) groups is 1. The molecule has 0 aromatic carbocycles. The van der Waals surface area contributed by atoms with E-state index in [4.69, 9.17) is 9.72 Å². The Balaban J connectivity index is 0.00000450. The maximum atomic E-state index is 12.0. The van der Waals surface area contributed by atoms with Gasteiger partial charge in [0.05, 0.1) is 29.0 Å². The second-order valence-corrected chi connectivity index (χ2v) is 9.65. The summed E-state index contributed by atoms with van der Waals surface area (Å²) in [6.07, 6.45) is 0.833. The number of guanidine groups is 1. The molecule has 2 rings (SSSR count). The fourth-order valence-corrected chi connectivity index (χ4v) is 4.50. The highest BCUT2D eigenvalue weighted by Gasteiger charge is 2.20. The molecule has 0 fully saturated rings. The number of rotatable bonds is 7. The number of thiazole rings is 2. The summed E-state index contributed by atoms with van der Waals surface area (Å²) in [7, 11) is 1.74. The van der Waals surface area contributed by atoms with E-state index in [1.807, 2.05) is 13.8 Å². The number of aryl methyl sites for hydroxylation is 1. The van der Waals surface area contributed by atoms with Gasteiger partial charge in [-0.15, -0.1) is 46.7 Å². The number of nitrogens with zero attached hydrogens (tertiary/aromatic N) is 3. The minimum absolute atomic E-state index is 0. The Morgan fingerprint density at radius 3 is 2.60 bits per heavy atom. The van der Waals surface area contributed by atoms with Crippen molar-refractivity contribution in [3.05, 3.63) is 31.7 Å². The fourth-order valence-electron chi connectivity index (χ4n) is 2.51. The molecule has 1 atom stereocenters. The van der Waals surface area contributed by atoms with E-state index in [-0.39, 0.29) is 41.4 Å². The van der Waals surface area contributed by atoms with E-state index in [1.165, 1.54) is 11.3 Å². The molecule has 1 unspecified atom stereocenters. The van der Waals surface area contributed by atoms with Crippen molar-refractivity contribution in [1.82, 2.24) is 20.6 Å². The lowest BCUT2D eigenvalue weighted by Crippen LogP contribution is -2.39. The Hall–Kier alpha value is -1.27. The Morgan fingerprint density at radius 1 is 1.33 bits per heavy atom. The van der Waals surface area contributed by atoms with Gasteiger partial charge >= 0.3 is 5.97 Å². The van der Waals surface area contributed by atoms with E-state index in [1.54, 1.807) is 25.3 Å². The van der Waals surface area contributed by atoms with Crippen molar-refractivity contribution in [2.24, 2.45) is 4.99 Å². The first-order chi connectivity index (χ1) is 13.7. The number of hydrogen-bond donors (Lipinski definition) is 2. The second kappa shape index (κ2) is 11.9. The van der Waals surface area contributed by atoms with Crippen molar-refractivity contribution in [2.45, 2.75) is 59.4 Å². The molecule has 0 saturated heterocycles. The molecular weight excluding hydrogens is 533 g/mol. The molecule has 30 heavy (non-hydrogen) atoms. The van der Waals surface area contributed by atoms with Gasteiger partial charge in [0.2, 0.25) is 0 Å². The Labute approximate surface area is 204 Å². The van der Waals surface area contributed by atoms with Crippen LogP contribution in [0, 0.1) is 6.92 Å². The van der Waals surface area contributed by atoms with E-state index in [9.17, 15) is 4.79 Å². The maximum Gasteiger partial charge on any atom is 0.350 e. The molecule has 10 heteroatoms. The van der Waals surface area contributed by atoms with E-state index >= 15 is 0 Å². The normalized spacial score (nSPS) is 12.8. The summed E-state index contributed by atoms with van der Waals surface area (Å²) in [6.45, 7) is 13.2. The first-order valence-corrected chi connectivity index (χ1v) is 11.4. The van der Waals surface area contributed by atoms with Crippen molar-refractivity contribution in [2.75, 3.05) is 20.2 Å². The SMILES string of the molecule is CCOC(=O)c1sc(C(C)NC(=NC)NCCc2nc(C(C)(C)C)cs2)nc1C.I. The van der Waals surface area contributed by atoms with Gasteiger partial charge in [-0.3, -0.25) is 4.99 Å². The molecule has 168 valence electrons. The molecule has 2 N–H and O–H groups in total. The van der Waals surface area contributed by atoms with Crippen LogP contribution in [0.4, 0.5) is 0 Å². The monoisotopic (exact) mass is 565 g/mol. The average Bonchev–Trinajstić information content (AvgIpc) is 3.27. The second-order valence-electron chi connectivity index (χ2n) is 7.68. The highest BCUT2D eigenvalue weighted by molar-refractivity contribution is 14.0. The molecule has 0 radical (unpaired) electrons. The first-order valence-electron chi connectivity index (χ1n) is 9.72. The number of halogens is 1. The molecule has 0 spiro atoms. The molecule has 0 saturated carbocycles. The highest BCUT2D eigenvalue weighted by atomic mass is 127. The van der Waals surface area contributed by atoms with Crippen molar-refractivity contribution in [1.29, 1.82) is 0 Å². The number of aromatic nitrogens is 2. The number of hydrogen-bond acceptors (Lipinski definition) is 7. The Morgan fingerprint density at radius 2 is 2.03 bits per heavy atom. The van der Waals surface area contributed by atoms with Crippen LogP contribution in [0.1, 0.15) is 71.7 Å². The third kappa shape index (κ3) is 7.45. The summed E-state index contributed by atoms with van der Waals surface area (Å²) in [6, 6.07) is -0.0829.